The second kappa shape index (κ2) is 7.58. The van der Waals surface area contributed by atoms with Crippen molar-refractivity contribution in [1.29, 1.82) is 0 Å². The smallest absolute Gasteiger partial charge is 0.200 e. The number of ether oxygens (including phenoxy) is 1. The Labute approximate surface area is 126 Å². The predicted molar refractivity (Wildman–Crippen MR) is 81.7 cm³/mol. The Hall–Kier alpha value is -1.38. The van der Waals surface area contributed by atoms with E-state index in [4.69, 9.17) is 4.74 Å². The molecule has 0 radical (unpaired) electrons. The fourth-order valence-corrected chi connectivity index (χ4v) is 3.08. The maximum absolute atomic E-state index is 14.3. The zero-order chi connectivity index (χ0) is 15.2. The van der Waals surface area contributed by atoms with Gasteiger partial charge in [-0.15, -0.1) is 0 Å². The minimum atomic E-state index is -0.837. The topological polar surface area (TPSA) is 9.23 Å². The molecule has 1 aromatic carbocycles. The van der Waals surface area contributed by atoms with E-state index in [0.717, 1.165) is 32.1 Å². The second-order valence-electron chi connectivity index (χ2n) is 5.77. The zero-order valence-electron chi connectivity index (χ0n) is 12.9. The van der Waals surface area contributed by atoms with Gasteiger partial charge in [-0.25, -0.2) is 4.39 Å². The molecule has 1 aliphatic carbocycles. The maximum atomic E-state index is 14.3. The van der Waals surface area contributed by atoms with Crippen LogP contribution in [-0.4, -0.2) is 6.61 Å². The van der Waals surface area contributed by atoms with E-state index < -0.39 is 11.6 Å². The van der Waals surface area contributed by atoms with E-state index in [1.807, 2.05) is 13.8 Å². The van der Waals surface area contributed by atoms with Crippen molar-refractivity contribution in [3.05, 3.63) is 41.5 Å². The fraction of sp³-hybridized carbons (Fsp3) is 0.556. The Morgan fingerprint density at radius 2 is 1.86 bits per heavy atom. The summed E-state index contributed by atoms with van der Waals surface area (Å²) in [6.45, 7) is 4.37. The fourth-order valence-electron chi connectivity index (χ4n) is 3.08. The summed E-state index contributed by atoms with van der Waals surface area (Å²) in [6, 6.07) is 3.27. The lowest BCUT2D eigenvalue weighted by Crippen LogP contribution is -2.14. The Balaban J connectivity index is 2.09. The summed E-state index contributed by atoms with van der Waals surface area (Å²) in [5.74, 6) is -0.817. The number of benzene rings is 1. The van der Waals surface area contributed by atoms with Crippen LogP contribution in [0.25, 0.3) is 0 Å². The molecule has 0 amide bonds. The molecule has 21 heavy (non-hydrogen) atoms. The summed E-state index contributed by atoms with van der Waals surface area (Å²) in [5.41, 5.74) is 0.510. The van der Waals surface area contributed by atoms with Crippen molar-refractivity contribution in [2.75, 3.05) is 6.61 Å². The molecule has 0 aromatic heterocycles. The molecule has 1 aromatic rings. The van der Waals surface area contributed by atoms with Crippen molar-refractivity contribution in [3.63, 3.8) is 0 Å². The third kappa shape index (κ3) is 3.84. The lowest BCUT2D eigenvalue weighted by atomic mass is 9.78. The van der Waals surface area contributed by atoms with Crippen LogP contribution < -0.4 is 4.74 Å². The monoisotopic (exact) mass is 294 g/mol. The minimum absolute atomic E-state index is 0.0284. The van der Waals surface area contributed by atoms with Gasteiger partial charge in [0.1, 0.15) is 0 Å². The van der Waals surface area contributed by atoms with Crippen molar-refractivity contribution in [2.24, 2.45) is 5.92 Å². The molecule has 2 rings (SSSR count). The first-order valence-electron chi connectivity index (χ1n) is 7.90. The van der Waals surface area contributed by atoms with E-state index in [0.29, 0.717) is 18.1 Å². The Morgan fingerprint density at radius 1 is 1.14 bits per heavy atom. The molecule has 0 N–H and O–H groups in total. The number of hydrogen-bond acceptors (Lipinski definition) is 1. The largest absolute Gasteiger partial charge is 0.490 e. The molecule has 0 aliphatic heterocycles. The minimum Gasteiger partial charge on any atom is -0.490 e. The van der Waals surface area contributed by atoms with Crippen LogP contribution in [0, 0.1) is 17.6 Å². The maximum Gasteiger partial charge on any atom is 0.200 e. The normalized spacial score (nSPS) is 22.7. The molecule has 0 heterocycles. The average Bonchev–Trinajstić information content (AvgIpc) is 2.50. The van der Waals surface area contributed by atoms with Crippen LogP contribution in [0.4, 0.5) is 8.78 Å². The van der Waals surface area contributed by atoms with E-state index in [1.54, 1.807) is 12.1 Å². The summed E-state index contributed by atoms with van der Waals surface area (Å²) in [5, 5.41) is 0. The van der Waals surface area contributed by atoms with Gasteiger partial charge in [0.2, 0.25) is 5.82 Å². The highest BCUT2D eigenvalue weighted by Gasteiger charge is 2.25. The molecular formula is C18H24F2O. The van der Waals surface area contributed by atoms with Crippen LogP contribution in [0.1, 0.15) is 57.4 Å². The highest BCUT2D eigenvalue weighted by Crippen LogP contribution is 2.38. The molecule has 1 saturated carbocycles. The van der Waals surface area contributed by atoms with Crippen LogP contribution in [0.15, 0.2) is 24.3 Å². The molecule has 1 aliphatic rings. The van der Waals surface area contributed by atoms with Crippen molar-refractivity contribution < 1.29 is 13.5 Å². The van der Waals surface area contributed by atoms with E-state index in [-0.39, 0.29) is 11.7 Å². The quantitative estimate of drug-likeness (QED) is 0.642. The van der Waals surface area contributed by atoms with Gasteiger partial charge in [-0.1, -0.05) is 25.1 Å². The molecule has 0 saturated heterocycles. The van der Waals surface area contributed by atoms with Gasteiger partial charge in [0.25, 0.3) is 0 Å². The number of hydrogen-bond donors (Lipinski definition) is 0. The van der Waals surface area contributed by atoms with Crippen LogP contribution in [0.2, 0.25) is 0 Å². The SMILES string of the molecule is CC=CC1CCC(c2ccc(OCCC)c(F)c2F)CC1. The Bertz CT molecular complexity index is 488. The van der Waals surface area contributed by atoms with Gasteiger partial charge in [0.05, 0.1) is 6.61 Å². The molecule has 0 bridgehead atoms. The van der Waals surface area contributed by atoms with Gasteiger partial charge < -0.3 is 4.74 Å². The third-order valence-corrected chi connectivity index (χ3v) is 4.21. The van der Waals surface area contributed by atoms with E-state index in [9.17, 15) is 8.78 Å². The summed E-state index contributed by atoms with van der Waals surface area (Å²) < 4.78 is 33.5. The lowest BCUT2D eigenvalue weighted by Gasteiger charge is -2.27. The van der Waals surface area contributed by atoms with Crippen molar-refractivity contribution in [3.8, 4) is 5.75 Å². The van der Waals surface area contributed by atoms with Gasteiger partial charge in [-0.3, -0.25) is 0 Å². The molecule has 116 valence electrons. The lowest BCUT2D eigenvalue weighted by molar-refractivity contribution is 0.292. The summed E-state index contributed by atoms with van der Waals surface area (Å²) in [4.78, 5) is 0. The second-order valence-corrected chi connectivity index (χ2v) is 5.77. The molecule has 1 nitrogen and oxygen atoms in total. The predicted octanol–water partition coefficient (Wildman–Crippen LogP) is 5.60. The third-order valence-electron chi connectivity index (χ3n) is 4.21. The van der Waals surface area contributed by atoms with Crippen molar-refractivity contribution >= 4 is 0 Å². The molecule has 3 heteroatoms. The van der Waals surface area contributed by atoms with Crippen LogP contribution >= 0.6 is 0 Å². The van der Waals surface area contributed by atoms with Gasteiger partial charge in [-0.05, 0) is 62.5 Å². The highest BCUT2D eigenvalue weighted by molar-refractivity contribution is 5.33. The Morgan fingerprint density at radius 3 is 2.48 bits per heavy atom. The number of halogens is 2. The zero-order valence-corrected chi connectivity index (χ0v) is 12.9. The van der Waals surface area contributed by atoms with Crippen LogP contribution in [0.5, 0.6) is 5.75 Å². The standard InChI is InChI=1S/C18H24F2O/c1-3-5-13-6-8-14(9-7-13)15-10-11-16(21-12-4-2)18(20)17(15)19/h3,5,10-11,13-14H,4,6-9,12H2,1-2H3. The van der Waals surface area contributed by atoms with Gasteiger partial charge in [0.15, 0.2) is 11.6 Å². The highest BCUT2D eigenvalue weighted by atomic mass is 19.2. The molecule has 1 fully saturated rings. The first kappa shape index (κ1) is 16.0. The average molecular weight is 294 g/mol. The van der Waals surface area contributed by atoms with Gasteiger partial charge in [-0.2, -0.15) is 4.39 Å². The first-order chi connectivity index (χ1) is 10.2. The van der Waals surface area contributed by atoms with Crippen LogP contribution in [0.3, 0.4) is 0 Å². The van der Waals surface area contributed by atoms with Crippen molar-refractivity contribution in [2.45, 2.75) is 51.9 Å². The Kier molecular flexibility index (Phi) is 5.77. The number of allylic oxidation sites excluding steroid dienone is 2. The van der Waals surface area contributed by atoms with Gasteiger partial charge >= 0.3 is 0 Å². The first-order valence-corrected chi connectivity index (χ1v) is 7.90. The summed E-state index contributed by atoms with van der Waals surface area (Å²) in [6.07, 6.45) is 8.99. The van der Waals surface area contributed by atoms with E-state index in [2.05, 4.69) is 12.2 Å². The number of rotatable bonds is 5. The van der Waals surface area contributed by atoms with E-state index >= 15 is 0 Å². The van der Waals surface area contributed by atoms with E-state index in [1.165, 1.54) is 0 Å². The molecule has 0 atom stereocenters. The molecule has 0 unspecified atom stereocenters. The van der Waals surface area contributed by atoms with Gasteiger partial charge in [0, 0.05) is 0 Å². The molecule has 0 spiro atoms. The summed E-state index contributed by atoms with van der Waals surface area (Å²) in [7, 11) is 0. The van der Waals surface area contributed by atoms with Crippen LogP contribution in [-0.2, 0) is 0 Å². The summed E-state index contributed by atoms with van der Waals surface area (Å²) >= 11 is 0. The van der Waals surface area contributed by atoms with Crippen molar-refractivity contribution in [1.82, 2.24) is 0 Å². The molecular weight excluding hydrogens is 270 g/mol.